The van der Waals surface area contributed by atoms with Gasteiger partial charge < -0.3 is 4.74 Å². The molecule has 1 aromatic carbocycles. The second kappa shape index (κ2) is 5.78. The molecule has 0 aliphatic heterocycles. The van der Waals surface area contributed by atoms with E-state index in [4.69, 9.17) is 10.00 Å². The molecule has 0 saturated carbocycles. The molecule has 0 amide bonds. The Morgan fingerprint density at radius 3 is 2.95 bits per heavy atom. The highest BCUT2D eigenvalue weighted by molar-refractivity contribution is 5.79. The van der Waals surface area contributed by atoms with E-state index in [0.717, 1.165) is 17.4 Å². The van der Waals surface area contributed by atoms with Crippen LogP contribution in [0.5, 0.6) is 5.75 Å². The molecule has 0 spiro atoms. The van der Waals surface area contributed by atoms with Crippen LogP contribution in [0.1, 0.15) is 27.2 Å². The lowest BCUT2D eigenvalue weighted by Crippen LogP contribution is -1.99. The van der Waals surface area contributed by atoms with Crippen LogP contribution >= 0.6 is 0 Å². The highest BCUT2D eigenvalue weighted by Crippen LogP contribution is 2.19. The Kier molecular flexibility index (Phi) is 3.89. The zero-order chi connectivity index (χ0) is 13.7. The van der Waals surface area contributed by atoms with E-state index in [9.17, 15) is 4.79 Å². The maximum Gasteiger partial charge on any atom is 0.153 e. The average Bonchev–Trinajstić information content (AvgIpc) is 2.46. The van der Waals surface area contributed by atoms with Crippen LogP contribution in [0.25, 0.3) is 0 Å². The summed E-state index contributed by atoms with van der Waals surface area (Å²) in [5.41, 5.74) is 2.71. The molecular formula is C15H12N2O2. The fraction of sp³-hybridized carbons (Fsp3) is 0.133. The Hall–Kier alpha value is -2.67. The normalized spacial score (nSPS) is 9.68. The van der Waals surface area contributed by atoms with Gasteiger partial charge in [0.15, 0.2) is 6.29 Å². The van der Waals surface area contributed by atoms with Gasteiger partial charge in [0, 0.05) is 6.20 Å². The van der Waals surface area contributed by atoms with Gasteiger partial charge in [-0.1, -0.05) is 11.6 Å². The Bertz CT molecular complexity index is 645. The van der Waals surface area contributed by atoms with Crippen LogP contribution < -0.4 is 4.74 Å². The van der Waals surface area contributed by atoms with Crippen molar-refractivity contribution in [1.29, 1.82) is 5.26 Å². The van der Waals surface area contributed by atoms with Gasteiger partial charge >= 0.3 is 0 Å². The SMILES string of the molecule is Cc1ccc(OCc2ccnc(C#N)c2)c(C=O)c1. The van der Waals surface area contributed by atoms with E-state index in [-0.39, 0.29) is 0 Å². The zero-order valence-electron chi connectivity index (χ0n) is 10.5. The summed E-state index contributed by atoms with van der Waals surface area (Å²) in [6.07, 6.45) is 2.34. The first kappa shape index (κ1) is 12.8. The van der Waals surface area contributed by atoms with Gasteiger partial charge in [-0.25, -0.2) is 4.98 Å². The maximum atomic E-state index is 11.0. The summed E-state index contributed by atoms with van der Waals surface area (Å²) >= 11 is 0. The quantitative estimate of drug-likeness (QED) is 0.785. The third-order valence-electron chi connectivity index (χ3n) is 2.63. The van der Waals surface area contributed by atoms with Crippen molar-refractivity contribution in [3.63, 3.8) is 0 Å². The second-order valence-corrected chi connectivity index (χ2v) is 4.11. The summed E-state index contributed by atoms with van der Waals surface area (Å²) in [4.78, 5) is 14.8. The van der Waals surface area contributed by atoms with E-state index in [1.54, 1.807) is 30.5 Å². The highest BCUT2D eigenvalue weighted by Gasteiger charge is 2.04. The molecule has 0 fully saturated rings. The van der Waals surface area contributed by atoms with Gasteiger partial charge in [0.05, 0.1) is 5.56 Å². The number of carbonyl (C=O) groups excluding carboxylic acids is 1. The standard InChI is InChI=1S/C15H12N2O2/c1-11-2-3-15(13(6-11)9-18)19-10-12-4-5-17-14(7-12)8-16/h2-7,9H,10H2,1H3. The van der Waals surface area contributed by atoms with Crippen LogP contribution in [-0.4, -0.2) is 11.3 Å². The van der Waals surface area contributed by atoms with Crippen molar-refractivity contribution in [2.75, 3.05) is 0 Å². The van der Waals surface area contributed by atoms with E-state index >= 15 is 0 Å². The van der Waals surface area contributed by atoms with E-state index < -0.39 is 0 Å². The molecule has 2 aromatic rings. The topological polar surface area (TPSA) is 63.0 Å². The molecular weight excluding hydrogens is 240 g/mol. The molecule has 1 aromatic heterocycles. The lowest BCUT2D eigenvalue weighted by atomic mass is 10.1. The van der Waals surface area contributed by atoms with Crippen molar-refractivity contribution >= 4 is 6.29 Å². The Balaban J connectivity index is 2.14. The molecule has 0 saturated heterocycles. The summed E-state index contributed by atoms with van der Waals surface area (Å²) in [6.45, 7) is 2.21. The lowest BCUT2D eigenvalue weighted by molar-refractivity contribution is 0.111. The first-order chi connectivity index (χ1) is 9.22. The number of benzene rings is 1. The number of nitriles is 1. The third kappa shape index (κ3) is 3.17. The molecule has 0 N–H and O–H groups in total. The third-order valence-corrected chi connectivity index (χ3v) is 2.63. The number of aromatic nitrogens is 1. The van der Waals surface area contributed by atoms with Crippen LogP contribution in [-0.2, 0) is 6.61 Å². The van der Waals surface area contributed by atoms with Gasteiger partial charge in [-0.2, -0.15) is 5.26 Å². The summed E-state index contributed by atoms with van der Waals surface area (Å²) in [5.74, 6) is 0.538. The van der Waals surface area contributed by atoms with Crippen molar-refractivity contribution in [2.45, 2.75) is 13.5 Å². The minimum atomic E-state index is 0.293. The predicted octanol–water partition coefficient (Wildman–Crippen LogP) is 2.65. The number of pyridine rings is 1. The Morgan fingerprint density at radius 1 is 1.37 bits per heavy atom. The minimum absolute atomic E-state index is 0.293. The molecule has 0 unspecified atom stereocenters. The summed E-state index contributed by atoms with van der Waals surface area (Å²) in [5, 5.41) is 8.76. The van der Waals surface area contributed by atoms with Crippen molar-refractivity contribution in [3.8, 4) is 11.8 Å². The van der Waals surface area contributed by atoms with Gasteiger partial charge in [-0.05, 0) is 36.8 Å². The van der Waals surface area contributed by atoms with Crippen LogP contribution in [0.4, 0.5) is 0 Å². The van der Waals surface area contributed by atoms with Crippen LogP contribution in [0.2, 0.25) is 0 Å². The van der Waals surface area contributed by atoms with Gasteiger partial charge in [-0.3, -0.25) is 4.79 Å². The number of carbonyl (C=O) groups is 1. The van der Waals surface area contributed by atoms with E-state index in [0.29, 0.717) is 23.6 Å². The number of ether oxygens (including phenoxy) is 1. The fourth-order valence-electron chi connectivity index (χ4n) is 1.68. The monoisotopic (exact) mass is 252 g/mol. The number of hydrogen-bond acceptors (Lipinski definition) is 4. The van der Waals surface area contributed by atoms with Gasteiger partial charge in [0.25, 0.3) is 0 Å². The molecule has 19 heavy (non-hydrogen) atoms. The fourth-order valence-corrected chi connectivity index (χ4v) is 1.68. The van der Waals surface area contributed by atoms with Crippen molar-refractivity contribution in [2.24, 2.45) is 0 Å². The van der Waals surface area contributed by atoms with Crippen molar-refractivity contribution in [1.82, 2.24) is 4.98 Å². The number of nitrogens with zero attached hydrogens (tertiary/aromatic N) is 2. The highest BCUT2D eigenvalue weighted by atomic mass is 16.5. The maximum absolute atomic E-state index is 11.0. The minimum Gasteiger partial charge on any atom is -0.488 e. The predicted molar refractivity (Wildman–Crippen MR) is 69.9 cm³/mol. The largest absolute Gasteiger partial charge is 0.488 e. The molecule has 0 bridgehead atoms. The summed E-state index contributed by atoms with van der Waals surface area (Å²) in [7, 11) is 0. The summed E-state index contributed by atoms with van der Waals surface area (Å²) < 4.78 is 5.60. The molecule has 0 aliphatic rings. The van der Waals surface area contributed by atoms with E-state index in [2.05, 4.69) is 4.98 Å². The molecule has 4 nitrogen and oxygen atoms in total. The molecule has 0 atom stereocenters. The smallest absolute Gasteiger partial charge is 0.153 e. The molecule has 4 heteroatoms. The zero-order valence-corrected chi connectivity index (χ0v) is 10.5. The lowest BCUT2D eigenvalue weighted by Gasteiger charge is -2.09. The molecule has 1 heterocycles. The van der Waals surface area contributed by atoms with Gasteiger partial charge in [-0.15, -0.1) is 0 Å². The Morgan fingerprint density at radius 2 is 2.21 bits per heavy atom. The number of hydrogen-bond donors (Lipinski definition) is 0. The number of rotatable bonds is 4. The van der Waals surface area contributed by atoms with E-state index in [1.807, 2.05) is 19.1 Å². The molecule has 0 radical (unpaired) electrons. The van der Waals surface area contributed by atoms with Crippen LogP contribution in [0.3, 0.4) is 0 Å². The van der Waals surface area contributed by atoms with Gasteiger partial charge in [0.1, 0.15) is 24.1 Å². The summed E-state index contributed by atoms with van der Waals surface area (Å²) in [6, 6.07) is 10.8. The number of aldehydes is 1. The average molecular weight is 252 g/mol. The first-order valence-electron chi connectivity index (χ1n) is 5.76. The van der Waals surface area contributed by atoms with Crippen molar-refractivity contribution in [3.05, 3.63) is 58.9 Å². The second-order valence-electron chi connectivity index (χ2n) is 4.11. The molecule has 94 valence electrons. The Labute approximate surface area is 111 Å². The van der Waals surface area contributed by atoms with Gasteiger partial charge in [0.2, 0.25) is 0 Å². The molecule has 2 rings (SSSR count). The van der Waals surface area contributed by atoms with Crippen LogP contribution in [0.15, 0.2) is 36.5 Å². The number of aryl methyl sites for hydroxylation is 1. The van der Waals surface area contributed by atoms with Crippen molar-refractivity contribution < 1.29 is 9.53 Å². The molecule has 0 aliphatic carbocycles. The first-order valence-corrected chi connectivity index (χ1v) is 5.76. The van der Waals surface area contributed by atoms with Crippen LogP contribution in [0, 0.1) is 18.3 Å². The van der Waals surface area contributed by atoms with E-state index in [1.165, 1.54) is 0 Å².